The minimum atomic E-state index is -2.43. The van der Waals surface area contributed by atoms with E-state index in [1.54, 1.807) is 21.5 Å². The zero-order valence-corrected chi connectivity index (χ0v) is 30.2. The summed E-state index contributed by atoms with van der Waals surface area (Å²) in [6, 6.07) is 26.3. The number of hydrogen-bond acceptors (Lipinski definition) is 0. The first-order valence-electron chi connectivity index (χ1n) is 13.9. The third-order valence-electron chi connectivity index (χ3n) is 7.55. The Morgan fingerprint density at radius 1 is 0.611 bits per heavy atom. The van der Waals surface area contributed by atoms with E-state index >= 15 is 0 Å². The fourth-order valence-corrected chi connectivity index (χ4v) is 42.0. The van der Waals surface area contributed by atoms with Crippen LogP contribution in [0.3, 0.4) is 0 Å². The van der Waals surface area contributed by atoms with Crippen LogP contribution >= 0.6 is 0 Å². The molecule has 0 fully saturated rings. The molecule has 0 N–H and O–H groups in total. The van der Waals surface area contributed by atoms with Crippen molar-refractivity contribution in [3.8, 4) is 0 Å². The minimum absolute atomic E-state index is 1.08. The van der Waals surface area contributed by atoms with Crippen molar-refractivity contribution < 1.29 is 20.6 Å². The van der Waals surface area contributed by atoms with E-state index in [4.69, 9.17) is 0 Å². The van der Waals surface area contributed by atoms with Crippen molar-refractivity contribution in [2.45, 2.75) is 77.1 Å². The van der Waals surface area contributed by atoms with Gasteiger partial charge in [-0.25, -0.2) is 0 Å². The maximum absolute atomic E-state index is 2.55. The van der Waals surface area contributed by atoms with Gasteiger partial charge in [-0.15, -0.1) is 0 Å². The van der Waals surface area contributed by atoms with E-state index in [1.165, 1.54) is 37.8 Å². The van der Waals surface area contributed by atoms with Crippen LogP contribution in [-0.2, 0) is 20.6 Å². The van der Waals surface area contributed by atoms with E-state index < -0.39 is 42.7 Å². The molecule has 189 valence electrons. The fourth-order valence-electron chi connectivity index (χ4n) is 5.50. The van der Waals surface area contributed by atoms with E-state index in [-0.39, 0.29) is 0 Å². The van der Waals surface area contributed by atoms with Gasteiger partial charge in [0, 0.05) is 0 Å². The van der Waals surface area contributed by atoms with Crippen LogP contribution in [0.15, 0.2) is 103 Å². The first-order valence-corrected chi connectivity index (χ1v) is 32.8. The molecule has 4 heteroatoms. The van der Waals surface area contributed by atoms with Crippen LogP contribution in [0.2, 0.25) is 51.4 Å². The summed E-state index contributed by atoms with van der Waals surface area (Å²) < 4.78 is 3.93. The van der Waals surface area contributed by atoms with Crippen molar-refractivity contribution >= 4 is 32.5 Å². The van der Waals surface area contributed by atoms with E-state index in [2.05, 4.69) is 124 Å². The molecular weight excluding hydrogens is 647 g/mol. The van der Waals surface area contributed by atoms with Crippen molar-refractivity contribution in [1.82, 2.24) is 0 Å². The second-order valence-corrected chi connectivity index (χ2v) is 44.7. The molecule has 0 saturated carbocycles. The number of allylic oxidation sites excluding steroid dienone is 8. The van der Waals surface area contributed by atoms with E-state index in [1.807, 2.05) is 6.66 Å². The SMILES string of the molecule is C[Si](C)(C)CCC1=[C]([Hf]([C]2=C(CC[Si](C)(C)C)C=CC2)[SiH](c2ccccc2)c2ccccc2)CC=C1. The second-order valence-electron chi connectivity index (χ2n) is 13.0. The summed E-state index contributed by atoms with van der Waals surface area (Å²) in [6.07, 6.45) is 15.2. The quantitative estimate of drug-likeness (QED) is 0.210. The van der Waals surface area contributed by atoms with E-state index in [0.29, 0.717) is 0 Å². The molecule has 0 nitrogen and oxygen atoms in total. The van der Waals surface area contributed by atoms with Gasteiger partial charge in [0.25, 0.3) is 0 Å². The summed E-state index contributed by atoms with van der Waals surface area (Å²) in [5, 5.41) is 3.36. The van der Waals surface area contributed by atoms with Crippen LogP contribution in [0.5, 0.6) is 0 Å². The van der Waals surface area contributed by atoms with Gasteiger partial charge < -0.3 is 0 Å². The Morgan fingerprint density at radius 2 is 1.00 bits per heavy atom. The molecule has 2 aromatic rings. The molecular formula is C32H45HfSi3. The Labute approximate surface area is 231 Å². The van der Waals surface area contributed by atoms with E-state index in [0.717, 1.165) is 0 Å². The van der Waals surface area contributed by atoms with Gasteiger partial charge in [-0.1, -0.05) is 0 Å². The maximum atomic E-state index is 2.55. The van der Waals surface area contributed by atoms with Gasteiger partial charge in [-0.2, -0.15) is 0 Å². The molecule has 0 atom stereocenters. The Balaban J connectivity index is 1.86. The van der Waals surface area contributed by atoms with Crippen LogP contribution in [0.4, 0.5) is 0 Å². The van der Waals surface area contributed by atoms with Gasteiger partial charge in [0.1, 0.15) is 0 Å². The summed E-state index contributed by atoms with van der Waals surface area (Å²) in [5.74, 6) is -1.34. The average Bonchev–Trinajstić information content (AvgIpc) is 3.49. The molecule has 36 heavy (non-hydrogen) atoms. The zero-order chi connectivity index (χ0) is 25.8. The number of hydrogen-bond donors (Lipinski definition) is 0. The molecule has 0 saturated heterocycles. The predicted octanol–water partition coefficient (Wildman–Crippen LogP) is 8.03. The second kappa shape index (κ2) is 12.2. The Bertz CT molecular complexity index is 1050. The first kappa shape index (κ1) is 27.9. The third-order valence-corrected chi connectivity index (χ3v) is 41.3. The fraction of sp³-hybridized carbons (Fsp3) is 0.375. The molecule has 0 amide bonds. The van der Waals surface area contributed by atoms with Gasteiger partial charge in [0.2, 0.25) is 0 Å². The van der Waals surface area contributed by atoms with Crippen LogP contribution in [0.1, 0.15) is 25.7 Å². The molecule has 0 bridgehead atoms. The van der Waals surface area contributed by atoms with Crippen LogP contribution in [-0.4, -0.2) is 22.1 Å². The van der Waals surface area contributed by atoms with Gasteiger partial charge in [-0.05, 0) is 0 Å². The van der Waals surface area contributed by atoms with Crippen molar-refractivity contribution in [2.75, 3.05) is 0 Å². The summed E-state index contributed by atoms with van der Waals surface area (Å²) in [6.45, 7) is 15.2. The van der Waals surface area contributed by atoms with Crippen molar-refractivity contribution in [3.63, 3.8) is 0 Å². The van der Waals surface area contributed by atoms with Gasteiger partial charge in [0.05, 0.1) is 0 Å². The Hall–Kier alpha value is -1.08. The molecule has 4 rings (SSSR count). The average molecular weight is 692 g/mol. The van der Waals surface area contributed by atoms with Gasteiger partial charge >= 0.3 is 233 Å². The first-order chi connectivity index (χ1) is 17.1. The van der Waals surface area contributed by atoms with Crippen molar-refractivity contribution in [2.24, 2.45) is 0 Å². The molecule has 0 aliphatic heterocycles. The molecule has 2 aromatic carbocycles. The topological polar surface area (TPSA) is 0 Å². The van der Waals surface area contributed by atoms with Crippen LogP contribution in [0.25, 0.3) is 0 Å². The molecule has 0 spiro atoms. The Kier molecular flexibility index (Phi) is 9.46. The number of benzene rings is 2. The third kappa shape index (κ3) is 7.49. The van der Waals surface area contributed by atoms with Gasteiger partial charge in [-0.3, -0.25) is 0 Å². The summed E-state index contributed by atoms with van der Waals surface area (Å²) in [4.78, 5) is 0. The summed E-state index contributed by atoms with van der Waals surface area (Å²) >= 11 is -2.43. The van der Waals surface area contributed by atoms with Crippen molar-refractivity contribution in [1.29, 1.82) is 0 Å². The van der Waals surface area contributed by atoms with Crippen LogP contribution in [0, 0.1) is 0 Å². The predicted molar refractivity (Wildman–Crippen MR) is 166 cm³/mol. The van der Waals surface area contributed by atoms with Crippen molar-refractivity contribution in [3.05, 3.63) is 103 Å². The molecule has 0 radical (unpaired) electrons. The molecule has 0 heterocycles. The van der Waals surface area contributed by atoms with Gasteiger partial charge in [0.15, 0.2) is 0 Å². The number of rotatable bonds is 11. The Morgan fingerprint density at radius 3 is 1.36 bits per heavy atom. The molecule has 2 aliphatic carbocycles. The molecule has 0 aromatic heterocycles. The van der Waals surface area contributed by atoms with Crippen LogP contribution < -0.4 is 10.4 Å². The summed E-state index contributed by atoms with van der Waals surface area (Å²) in [7, 11) is -2.15. The zero-order valence-electron chi connectivity index (χ0n) is 23.4. The standard InChI is InChI=1S/C12H11Si.2C10H17Si.Hf/c1-3-7-11(8-4-1)13-12-9-5-2-6-10-12;2*1-11(2,3)9-8-10-6-4-5-7-10;/h1-10,13H;2*4,6H,5,8-9H2,1-3H3;. The normalized spacial score (nSPS) is 16.1. The van der Waals surface area contributed by atoms with E-state index in [9.17, 15) is 0 Å². The molecule has 2 aliphatic rings. The molecule has 0 unspecified atom stereocenters. The summed E-state index contributed by atoms with van der Waals surface area (Å²) in [5.41, 5.74) is 3.51. The monoisotopic (exact) mass is 693 g/mol.